The number of hydrogen-bond donors (Lipinski definition) is 1. The van der Waals surface area contributed by atoms with Crippen molar-refractivity contribution >= 4 is 16.8 Å². The lowest BCUT2D eigenvalue weighted by atomic mass is 10.0. The van der Waals surface area contributed by atoms with Gasteiger partial charge in [0.25, 0.3) is 0 Å². The lowest BCUT2D eigenvalue weighted by molar-refractivity contribution is 0.620. The van der Waals surface area contributed by atoms with Gasteiger partial charge in [0, 0.05) is 6.42 Å². The predicted molar refractivity (Wildman–Crippen MR) is 55.0 cm³/mol. The highest BCUT2D eigenvalue weighted by Gasteiger charge is 2.18. The number of hydrogen-bond acceptors (Lipinski definition) is 2. The van der Waals surface area contributed by atoms with Crippen molar-refractivity contribution in [1.29, 1.82) is 0 Å². The van der Waals surface area contributed by atoms with Crippen LogP contribution >= 0.6 is 11.6 Å². The van der Waals surface area contributed by atoms with Crippen molar-refractivity contribution in [1.82, 2.24) is 5.43 Å². The van der Waals surface area contributed by atoms with Gasteiger partial charge in [0.2, 0.25) is 0 Å². The second-order valence-corrected chi connectivity index (χ2v) is 3.72. The summed E-state index contributed by atoms with van der Waals surface area (Å²) in [5, 5.41) is 4.61. The molecular weight excluding hydrogens is 184 g/mol. The molecule has 2 rings (SSSR count). The number of nitrogens with zero attached hydrogens (tertiary/aromatic N) is 1. The van der Waals surface area contributed by atoms with E-state index in [0.717, 1.165) is 6.42 Å². The summed E-state index contributed by atoms with van der Waals surface area (Å²) in [4.78, 5) is 0. The van der Waals surface area contributed by atoms with Gasteiger partial charge < -0.3 is 5.43 Å². The molecule has 1 heterocycles. The minimum atomic E-state index is 0.257. The summed E-state index contributed by atoms with van der Waals surface area (Å²) in [5.41, 5.74) is 5.52. The second-order valence-electron chi connectivity index (χ2n) is 3.29. The lowest BCUT2D eigenvalue weighted by Crippen LogP contribution is -2.09. The Morgan fingerprint density at radius 1 is 1.54 bits per heavy atom. The van der Waals surface area contributed by atoms with Crippen LogP contribution in [0.15, 0.2) is 29.4 Å². The lowest BCUT2D eigenvalue weighted by Gasteiger charge is -2.09. The summed E-state index contributed by atoms with van der Waals surface area (Å²) in [6, 6.07) is 8.64. The molecular formula is C10H11ClN2. The molecule has 0 saturated heterocycles. The number of halogens is 1. The van der Waals surface area contributed by atoms with Crippen LogP contribution in [0.5, 0.6) is 0 Å². The van der Waals surface area contributed by atoms with E-state index >= 15 is 0 Å². The van der Waals surface area contributed by atoms with Crippen LogP contribution in [0.4, 0.5) is 0 Å². The fraction of sp³-hybridized carbons (Fsp3) is 0.300. The minimum absolute atomic E-state index is 0.257. The first-order chi connectivity index (χ1) is 6.25. The van der Waals surface area contributed by atoms with Crippen LogP contribution in [0.1, 0.15) is 23.6 Å². The maximum Gasteiger partial charge on any atom is 0.128 e. The summed E-state index contributed by atoms with van der Waals surface area (Å²) in [6.07, 6.45) is 0.797. The normalized spacial score (nSPS) is 21.1. The monoisotopic (exact) mass is 194 g/mol. The van der Waals surface area contributed by atoms with E-state index in [4.69, 9.17) is 11.6 Å². The highest BCUT2D eigenvalue weighted by Crippen LogP contribution is 2.23. The average Bonchev–Trinajstić information content (AvgIpc) is 2.52. The zero-order valence-corrected chi connectivity index (χ0v) is 8.17. The third kappa shape index (κ3) is 1.83. The number of aryl methyl sites for hydroxylation is 1. The van der Waals surface area contributed by atoms with E-state index in [2.05, 4.69) is 41.7 Å². The highest BCUT2D eigenvalue weighted by molar-refractivity contribution is 6.65. The number of hydrazone groups is 1. The standard InChI is InChI=1S/C10H11ClN2/c1-7-3-2-4-8(5-7)9-6-10(11)13-12-9/h2-5,9,12H,6H2,1H3. The Hall–Kier alpha value is -1.02. The average molecular weight is 195 g/mol. The van der Waals surface area contributed by atoms with Crippen LogP contribution in [-0.4, -0.2) is 5.17 Å². The predicted octanol–water partition coefficient (Wildman–Crippen LogP) is 2.58. The maximum absolute atomic E-state index is 5.78. The van der Waals surface area contributed by atoms with Crippen molar-refractivity contribution in [2.45, 2.75) is 19.4 Å². The summed E-state index contributed by atoms with van der Waals surface area (Å²) in [6.45, 7) is 2.08. The molecule has 0 fully saturated rings. The molecule has 0 saturated carbocycles. The Kier molecular flexibility index (Phi) is 2.23. The second kappa shape index (κ2) is 3.38. The molecule has 0 spiro atoms. The summed E-state index contributed by atoms with van der Waals surface area (Å²) in [5.74, 6) is 0. The molecule has 1 aromatic rings. The van der Waals surface area contributed by atoms with Gasteiger partial charge in [-0.2, -0.15) is 5.10 Å². The van der Waals surface area contributed by atoms with Crippen LogP contribution in [0, 0.1) is 6.92 Å². The molecule has 0 aliphatic carbocycles. The molecule has 1 aromatic carbocycles. The number of benzene rings is 1. The van der Waals surface area contributed by atoms with Gasteiger partial charge in [-0.15, -0.1) is 0 Å². The molecule has 1 unspecified atom stereocenters. The van der Waals surface area contributed by atoms with E-state index in [1.165, 1.54) is 11.1 Å². The maximum atomic E-state index is 5.78. The van der Waals surface area contributed by atoms with Crippen LogP contribution in [0.25, 0.3) is 0 Å². The SMILES string of the molecule is Cc1cccc(C2CC(Cl)=NN2)c1. The van der Waals surface area contributed by atoms with Gasteiger partial charge in [-0.05, 0) is 12.5 Å². The molecule has 13 heavy (non-hydrogen) atoms. The minimum Gasteiger partial charge on any atom is -0.301 e. The zero-order valence-electron chi connectivity index (χ0n) is 7.42. The van der Waals surface area contributed by atoms with Gasteiger partial charge in [0.15, 0.2) is 0 Å². The first-order valence-electron chi connectivity index (χ1n) is 4.30. The molecule has 1 N–H and O–H groups in total. The molecule has 2 nitrogen and oxygen atoms in total. The molecule has 0 bridgehead atoms. The van der Waals surface area contributed by atoms with Crippen LogP contribution in [-0.2, 0) is 0 Å². The van der Waals surface area contributed by atoms with Crippen molar-refractivity contribution in [3.8, 4) is 0 Å². The molecule has 68 valence electrons. The van der Waals surface area contributed by atoms with Gasteiger partial charge in [-0.25, -0.2) is 0 Å². The van der Waals surface area contributed by atoms with Crippen LogP contribution in [0.2, 0.25) is 0 Å². The van der Waals surface area contributed by atoms with E-state index in [9.17, 15) is 0 Å². The summed E-state index contributed by atoms with van der Waals surface area (Å²) < 4.78 is 0. The van der Waals surface area contributed by atoms with E-state index in [1.807, 2.05) is 0 Å². The Balaban J connectivity index is 2.18. The van der Waals surface area contributed by atoms with Gasteiger partial charge in [0.1, 0.15) is 5.17 Å². The Bertz CT molecular complexity index is 347. The van der Waals surface area contributed by atoms with Crippen molar-refractivity contribution in [2.75, 3.05) is 0 Å². The van der Waals surface area contributed by atoms with Crippen LogP contribution in [0.3, 0.4) is 0 Å². The van der Waals surface area contributed by atoms with Gasteiger partial charge in [0.05, 0.1) is 6.04 Å². The number of rotatable bonds is 1. The molecule has 0 amide bonds. The fourth-order valence-corrected chi connectivity index (χ4v) is 1.69. The van der Waals surface area contributed by atoms with Crippen LogP contribution < -0.4 is 5.43 Å². The van der Waals surface area contributed by atoms with E-state index in [-0.39, 0.29) is 6.04 Å². The van der Waals surface area contributed by atoms with Crippen molar-refractivity contribution in [3.05, 3.63) is 35.4 Å². The topological polar surface area (TPSA) is 24.4 Å². The third-order valence-corrected chi connectivity index (χ3v) is 2.40. The van der Waals surface area contributed by atoms with E-state index in [1.54, 1.807) is 0 Å². The Morgan fingerprint density at radius 2 is 2.38 bits per heavy atom. The summed E-state index contributed by atoms with van der Waals surface area (Å²) >= 11 is 5.78. The first-order valence-corrected chi connectivity index (χ1v) is 4.67. The quantitative estimate of drug-likeness (QED) is 0.730. The van der Waals surface area contributed by atoms with E-state index in [0.29, 0.717) is 5.17 Å². The summed E-state index contributed by atoms with van der Waals surface area (Å²) in [7, 11) is 0. The van der Waals surface area contributed by atoms with E-state index < -0.39 is 0 Å². The molecule has 3 heteroatoms. The van der Waals surface area contributed by atoms with Gasteiger partial charge in [-0.1, -0.05) is 41.4 Å². The smallest absolute Gasteiger partial charge is 0.128 e. The zero-order chi connectivity index (χ0) is 9.26. The van der Waals surface area contributed by atoms with Crippen molar-refractivity contribution in [2.24, 2.45) is 5.10 Å². The van der Waals surface area contributed by atoms with Crippen molar-refractivity contribution < 1.29 is 0 Å². The van der Waals surface area contributed by atoms with Gasteiger partial charge in [-0.3, -0.25) is 0 Å². The van der Waals surface area contributed by atoms with Crippen molar-refractivity contribution in [3.63, 3.8) is 0 Å². The third-order valence-electron chi connectivity index (χ3n) is 2.16. The fourth-order valence-electron chi connectivity index (χ4n) is 1.49. The molecule has 1 atom stereocenters. The molecule has 1 aliphatic heterocycles. The molecule has 1 aliphatic rings. The Morgan fingerprint density at radius 3 is 3.00 bits per heavy atom. The number of nitrogens with one attached hydrogen (secondary N) is 1. The molecule has 0 radical (unpaired) electrons. The highest BCUT2D eigenvalue weighted by atomic mass is 35.5. The van der Waals surface area contributed by atoms with Gasteiger partial charge >= 0.3 is 0 Å². The largest absolute Gasteiger partial charge is 0.301 e. The molecule has 0 aromatic heterocycles. The first kappa shape index (κ1) is 8.57. The Labute approximate surface area is 82.6 Å².